The van der Waals surface area contributed by atoms with Crippen molar-refractivity contribution in [3.63, 3.8) is 0 Å². The molecule has 3 aromatic heterocycles. The minimum atomic E-state index is -3.01. The average Bonchev–Trinajstić information content (AvgIpc) is 3.64. The minimum absolute atomic E-state index is 0.0616. The summed E-state index contributed by atoms with van der Waals surface area (Å²) in [6, 6.07) is 5.21. The molecule has 1 aliphatic heterocycles. The molecule has 1 saturated heterocycles. The van der Waals surface area contributed by atoms with Crippen molar-refractivity contribution >= 4 is 22.7 Å². The van der Waals surface area contributed by atoms with E-state index in [-0.39, 0.29) is 35.8 Å². The Morgan fingerprint density at radius 2 is 1.85 bits per heavy atom. The second kappa shape index (κ2) is 9.80. The number of aliphatic hydroxyl groups excluding tert-OH is 1. The van der Waals surface area contributed by atoms with Crippen molar-refractivity contribution in [2.45, 2.75) is 49.3 Å². The first-order chi connectivity index (χ1) is 19.6. The van der Waals surface area contributed by atoms with Gasteiger partial charge in [-0.1, -0.05) is 0 Å². The molecule has 216 valence electrons. The second-order valence-corrected chi connectivity index (χ2v) is 10.6. The lowest BCUT2D eigenvalue weighted by Crippen LogP contribution is -2.63. The van der Waals surface area contributed by atoms with Crippen LogP contribution in [0.3, 0.4) is 0 Å². The largest absolute Gasteiger partial charge is 0.494 e. The fraction of sp³-hybridized carbons (Fsp3) is 0.407. The van der Waals surface area contributed by atoms with Crippen LogP contribution in [0.25, 0.3) is 22.4 Å². The molecule has 6 rings (SSSR count). The summed E-state index contributed by atoms with van der Waals surface area (Å²) in [6.07, 6.45) is -0.262. The Kier molecular flexibility index (Phi) is 6.49. The van der Waals surface area contributed by atoms with Crippen molar-refractivity contribution < 1.29 is 27.4 Å². The zero-order chi connectivity index (χ0) is 29.1. The number of hydrogen-bond donors (Lipinski definition) is 3. The number of halogens is 4. The number of hydrogen-bond acceptors (Lipinski definition) is 9. The highest BCUT2D eigenvalue weighted by Crippen LogP contribution is 2.53. The van der Waals surface area contributed by atoms with E-state index in [2.05, 4.69) is 15.0 Å². The molecule has 4 aromatic rings. The van der Waals surface area contributed by atoms with Crippen LogP contribution in [0, 0.1) is 11.6 Å². The van der Waals surface area contributed by atoms with Gasteiger partial charge in [-0.05, 0) is 43.9 Å². The van der Waals surface area contributed by atoms with Crippen molar-refractivity contribution in [1.82, 2.24) is 24.5 Å². The third-order valence-electron chi connectivity index (χ3n) is 8.10. The summed E-state index contributed by atoms with van der Waals surface area (Å²) in [4.78, 5) is 19.4. The summed E-state index contributed by atoms with van der Waals surface area (Å²) in [5, 5.41) is 10.3. The maximum Gasteiger partial charge on any atom is 0.265 e. The fourth-order valence-electron chi connectivity index (χ4n) is 5.77. The van der Waals surface area contributed by atoms with Gasteiger partial charge in [-0.2, -0.15) is 0 Å². The number of pyridine rings is 1. The van der Waals surface area contributed by atoms with Gasteiger partial charge in [0, 0.05) is 24.7 Å². The molecule has 14 heteroatoms. The number of aromatic nitrogens is 5. The van der Waals surface area contributed by atoms with Crippen molar-refractivity contribution in [3.05, 3.63) is 54.2 Å². The number of nitrogens with two attached hydrogens (primary N) is 2. The molecular formula is C27H28F4N8O2. The standard InChI is InChI=1S/C27H28F4N8O2/c1-41-19-10-15(28)14(9-16(19)29)17-3-4-18(38-8-2-5-26(33,11-38)22(40)23(30)31)21(37-17)27(6-7-27)39-13-36-20-24(32)34-12-35-25(20)39/h3-4,9-10,12-13,22-23,40H,2,5-8,11,33H2,1H3,(H2,32,34,35)/t22-,26-/m1/s1. The Morgan fingerprint density at radius 3 is 2.56 bits per heavy atom. The van der Waals surface area contributed by atoms with Crippen LogP contribution in [0.1, 0.15) is 31.4 Å². The SMILES string of the molecule is COc1cc(F)c(-c2ccc(N3CCC[C@](N)([C@H](O)C(F)F)C3)c(C3(n4cnc5c(N)ncnc54)CC3)n2)cc1F. The van der Waals surface area contributed by atoms with Crippen molar-refractivity contribution in [2.75, 3.05) is 30.8 Å². The topological polar surface area (TPSA) is 141 Å². The van der Waals surface area contributed by atoms with Gasteiger partial charge in [-0.15, -0.1) is 0 Å². The van der Waals surface area contributed by atoms with Gasteiger partial charge in [0.2, 0.25) is 0 Å². The number of nitrogen functional groups attached to an aromatic ring is 1. The summed E-state index contributed by atoms with van der Waals surface area (Å²) >= 11 is 0. The second-order valence-electron chi connectivity index (χ2n) is 10.6. The van der Waals surface area contributed by atoms with Crippen LogP contribution < -0.4 is 21.1 Å². The normalized spacial score (nSPS) is 20.9. The molecule has 5 N–H and O–H groups in total. The number of imidazole rings is 1. The molecule has 0 radical (unpaired) electrons. The lowest BCUT2D eigenvalue weighted by atomic mass is 9.84. The smallest absolute Gasteiger partial charge is 0.265 e. The lowest BCUT2D eigenvalue weighted by molar-refractivity contribution is -0.0529. The Hall–Kier alpha value is -4.04. The first-order valence-electron chi connectivity index (χ1n) is 13.1. The van der Waals surface area contributed by atoms with E-state index >= 15 is 4.39 Å². The third kappa shape index (κ3) is 4.41. The van der Waals surface area contributed by atoms with E-state index < -0.39 is 35.2 Å². The third-order valence-corrected chi connectivity index (χ3v) is 8.10. The van der Waals surface area contributed by atoms with E-state index in [0.29, 0.717) is 48.4 Å². The zero-order valence-corrected chi connectivity index (χ0v) is 22.1. The van der Waals surface area contributed by atoms with E-state index in [1.54, 1.807) is 18.5 Å². The summed E-state index contributed by atoms with van der Waals surface area (Å²) in [5.41, 5.74) is 12.0. The Balaban J connectivity index is 1.52. The van der Waals surface area contributed by atoms with Crippen LogP contribution in [-0.2, 0) is 5.54 Å². The van der Waals surface area contributed by atoms with E-state index in [4.69, 9.17) is 21.2 Å². The van der Waals surface area contributed by atoms with E-state index in [0.717, 1.165) is 12.1 Å². The predicted octanol–water partition coefficient (Wildman–Crippen LogP) is 3.22. The van der Waals surface area contributed by atoms with E-state index in [1.165, 1.54) is 13.4 Å². The Bertz CT molecular complexity index is 1630. The van der Waals surface area contributed by atoms with E-state index in [1.807, 2.05) is 9.47 Å². The number of benzene rings is 1. The number of anilines is 2. The first kappa shape index (κ1) is 27.1. The van der Waals surface area contributed by atoms with Gasteiger partial charge in [-0.25, -0.2) is 37.5 Å². The summed E-state index contributed by atoms with van der Waals surface area (Å²) < 4.78 is 63.6. The molecular weight excluding hydrogens is 544 g/mol. The van der Waals surface area contributed by atoms with Crippen molar-refractivity contribution in [3.8, 4) is 17.0 Å². The van der Waals surface area contributed by atoms with Gasteiger partial charge >= 0.3 is 0 Å². The number of piperidine rings is 1. The molecule has 4 heterocycles. The molecule has 0 amide bonds. The number of methoxy groups -OCH3 is 1. The molecule has 2 atom stereocenters. The molecule has 0 unspecified atom stereocenters. The molecule has 2 fully saturated rings. The van der Waals surface area contributed by atoms with Crippen molar-refractivity contribution in [1.29, 1.82) is 0 Å². The highest BCUT2D eigenvalue weighted by atomic mass is 19.3. The Labute approximate surface area is 232 Å². The van der Waals surface area contributed by atoms with Crippen LogP contribution in [0.4, 0.5) is 29.1 Å². The van der Waals surface area contributed by atoms with Crippen LogP contribution in [0.2, 0.25) is 0 Å². The minimum Gasteiger partial charge on any atom is -0.494 e. The summed E-state index contributed by atoms with van der Waals surface area (Å²) in [6.45, 7) is 0.401. The molecule has 0 spiro atoms. The maximum absolute atomic E-state index is 15.1. The van der Waals surface area contributed by atoms with E-state index in [9.17, 15) is 18.3 Å². The molecule has 2 aliphatic rings. The molecule has 41 heavy (non-hydrogen) atoms. The fourth-order valence-corrected chi connectivity index (χ4v) is 5.77. The number of rotatable bonds is 7. The first-order valence-corrected chi connectivity index (χ1v) is 13.1. The number of aliphatic hydroxyl groups is 1. The zero-order valence-electron chi connectivity index (χ0n) is 22.1. The average molecular weight is 573 g/mol. The van der Waals surface area contributed by atoms with Gasteiger partial charge in [-0.3, -0.25) is 0 Å². The van der Waals surface area contributed by atoms with Gasteiger partial charge in [0.15, 0.2) is 23.0 Å². The molecule has 1 aliphatic carbocycles. The number of nitrogens with zero attached hydrogens (tertiary/aromatic N) is 6. The Morgan fingerprint density at radius 1 is 1.07 bits per heavy atom. The van der Waals surface area contributed by atoms with Gasteiger partial charge in [0.05, 0.1) is 41.6 Å². The maximum atomic E-state index is 15.1. The van der Waals surface area contributed by atoms with Gasteiger partial charge < -0.3 is 30.8 Å². The van der Waals surface area contributed by atoms with Crippen molar-refractivity contribution in [2.24, 2.45) is 5.73 Å². The monoisotopic (exact) mass is 572 g/mol. The number of ether oxygens (including phenoxy) is 1. The highest BCUT2D eigenvalue weighted by Gasteiger charge is 2.52. The molecule has 10 nitrogen and oxygen atoms in total. The quantitative estimate of drug-likeness (QED) is 0.285. The molecule has 1 aromatic carbocycles. The molecule has 1 saturated carbocycles. The summed E-state index contributed by atoms with van der Waals surface area (Å²) in [7, 11) is 1.24. The highest BCUT2D eigenvalue weighted by molar-refractivity contribution is 5.82. The van der Waals surface area contributed by atoms with Crippen LogP contribution >= 0.6 is 0 Å². The predicted molar refractivity (Wildman–Crippen MR) is 143 cm³/mol. The lowest BCUT2D eigenvalue weighted by Gasteiger charge is -2.44. The number of fused-ring (bicyclic) bond motifs is 1. The van der Waals surface area contributed by atoms with Crippen LogP contribution in [0.5, 0.6) is 5.75 Å². The van der Waals surface area contributed by atoms with Gasteiger partial charge in [0.1, 0.15) is 23.8 Å². The van der Waals surface area contributed by atoms with Gasteiger partial charge in [0.25, 0.3) is 6.43 Å². The molecule has 0 bridgehead atoms. The van der Waals surface area contributed by atoms with Crippen LogP contribution in [0.15, 0.2) is 36.9 Å². The summed E-state index contributed by atoms with van der Waals surface area (Å²) in [5.74, 6) is -1.52. The number of alkyl halides is 2. The van der Waals surface area contributed by atoms with Crippen LogP contribution in [-0.4, -0.2) is 67.9 Å².